The van der Waals surface area contributed by atoms with E-state index in [2.05, 4.69) is 15.2 Å². The molecule has 3 N–H and O–H groups in total. The summed E-state index contributed by atoms with van der Waals surface area (Å²) in [5, 5.41) is 5.51. The Labute approximate surface area is 157 Å². The third-order valence-electron chi connectivity index (χ3n) is 4.77. The number of hydrogen-bond donors (Lipinski definition) is 2. The maximum atomic E-state index is 12.1. The third-order valence-corrected chi connectivity index (χ3v) is 5.54. The number of thiazole rings is 1. The van der Waals surface area contributed by atoms with Gasteiger partial charge in [-0.25, -0.2) is 4.98 Å². The number of nitrogens with one attached hydrogen (secondary N) is 1. The summed E-state index contributed by atoms with van der Waals surface area (Å²) in [4.78, 5) is 29.9. The molecule has 6 nitrogen and oxygen atoms in total. The van der Waals surface area contributed by atoms with Gasteiger partial charge in [-0.2, -0.15) is 0 Å². The second-order valence-electron chi connectivity index (χ2n) is 6.67. The lowest BCUT2D eigenvalue weighted by atomic mass is 9.96. The zero-order chi connectivity index (χ0) is 18.5. The zero-order valence-electron chi connectivity index (χ0n) is 14.9. The molecule has 0 radical (unpaired) electrons. The van der Waals surface area contributed by atoms with Crippen molar-refractivity contribution in [1.82, 2.24) is 9.88 Å². The second kappa shape index (κ2) is 8.42. The topological polar surface area (TPSA) is 88.3 Å². The van der Waals surface area contributed by atoms with Crippen molar-refractivity contribution in [1.29, 1.82) is 0 Å². The summed E-state index contributed by atoms with van der Waals surface area (Å²) in [6, 6.07) is 7.92. The van der Waals surface area contributed by atoms with Crippen molar-refractivity contribution in [2.24, 2.45) is 11.7 Å². The smallest absolute Gasteiger partial charge is 0.275 e. The van der Waals surface area contributed by atoms with Gasteiger partial charge < -0.3 is 16.0 Å². The van der Waals surface area contributed by atoms with Gasteiger partial charge >= 0.3 is 0 Å². The number of hydrogen-bond acceptors (Lipinski definition) is 5. The molecular formula is C19H24N4O2S. The Bertz CT molecular complexity index is 764. The normalized spacial score (nSPS) is 15.7. The van der Waals surface area contributed by atoms with E-state index in [9.17, 15) is 9.59 Å². The summed E-state index contributed by atoms with van der Waals surface area (Å²) in [5.41, 5.74) is 7.82. The molecule has 3 rings (SSSR count). The van der Waals surface area contributed by atoms with Crippen LogP contribution in [0.1, 0.15) is 33.9 Å². The average molecular weight is 372 g/mol. The fourth-order valence-electron chi connectivity index (χ4n) is 3.15. The standard InChI is InChI=1S/C19H24N4O2S/c1-13-21-17(12-26-13)19(25)22-16-4-2-14(3-5-16)6-9-23-10-7-15(8-11-23)18(20)24/h2-5,12,15H,6-11H2,1H3,(H2,20,24)(H,22,25). The van der Waals surface area contributed by atoms with Crippen molar-refractivity contribution in [2.45, 2.75) is 26.2 Å². The number of amides is 2. The van der Waals surface area contributed by atoms with E-state index >= 15 is 0 Å². The molecule has 0 spiro atoms. The first-order chi connectivity index (χ1) is 12.5. The highest BCUT2D eigenvalue weighted by atomic mass is 32.1. The predicted molar refractivity (Wildman–Crippen MR) is 103 cm³/mol. The summed E-state index contributed by atoms with van der Waals surface area (Å²) >= 11 is 1.47. The van der Waals surface area contributed by atoms with Gasteiger partial charge in [0.2, 0.25) is 5.91 Å². The van der Waals surface area contributed by atoms with Crippen molar-refractivity contribution < 1.29 is 9.59 Å². The summed E-state index contributed by atoms with van der Waals surface area (Å²) in [6.45, 7) is 4.70. The van der Waals surface area contributed by atoms with E-state index < -0.39 is 0 Å². The lowest BCUT2D eigenvalue weighted by Crippen LogP contribution is -2.39. The molecule has 1 aromatic carbocycles. The molecule has 0 aliphatic carbocycles. The number of anilines is 1. The van der Waals surface area contributed by atoms with Crippen LogP contribution < -0.4 is 11.1 Å². The highest BCUT2D eigenvalue weighted by molar-refractivity contribution is 7.09. The molecule has 0 saturated carbocycles. The minimum atomic E-state index is -0.181. The van der Waals surface area contributed by atoms with Crippen LogP contribution >= 0.6 is 11.3 Å². The van der Waals surface area contributed by atoms with Crippen LogP contribution in [-0.4, -0.2) is 41.3 Å². The first-order valence-electron chi connectivity index (χ1n) is 8.85. The minimum absolute atomic E-state index is 0.0376. The number of piperidine rings is 1. The van der Waals surface area contributed by atoms with Gasteiger partial charge in [-0.1, -0.05) is 12.1 Å². The fourth-order valence-corrected chi connectivity index (χ4v) is 3.74. The van der Waals surface area contributed by atoms with Crippen LogP contribution in [0.5, 0.6) is 0 Å². The molecule has 0 atom stereocenters. The van der Waals surface area contributed by atoms with Crippen molar-refractivity contribution in [3.8, 4) is 0 Å². The molecule has 2 aromatic rings. The van der Waals surface area contributed by atoms with E-state index in [1.807, 2.05) is 31.2 Å². The maximum Gasteiger partial charge on any atom is 0.275 e. The lowest BCUT2D eigenvalue weighted by Gasteiger charge is -2.30. The fraction of sp³-hybridized carbons (Fsp3) is 0.421. The van der Waals surface area contributed by atoms with Gasteiger partial charge in [0, 0.05) is 23.5 Å². The highest BCUT2D eigenvalue weighted by Gasteiger charge is 2.22. The van der Waals surface area contributed by atoms with Crippen LogP contribution in [0.4, 0.5) is 5.69 Å². The van der Waals surface area contributed by atoms with E-state index in [4.69, 9.17) is 5.73 Å². The number of carbonyl (C=O) groups is 2. The van der Waals surface area contributed by atoms with Crippen molar-refractivity contribution in [2.75, 3.05) is 25.0 Å². The van der Waals surface area contributed by atoms with Crippen LogP contribution in [0.15, 0.2) is 29.6 Å². The average Bonchev–Trinajstić information content (AvgIpc) is 3.08. The molecule has 1 fully saturated rings. The van der Waals surface area contributed by atoms with Crippen LogP contribution in [0, 0.1) is 12.8 Å². The van der Waals surface area contributed by atoms with Crippen LogP contribution in [0.2, 0.25) is 0 Å². The quantitative estimate of drug-likeness (QED) is 0.815. The monoisotopic (exact) mass is 372 g/mol. The van der Waals surface area contributed by atoms with Crippen LogP contribution in [0.25, 0.3) is 0 Å². The number of aromatic nitrogens is 1. The molecule has 26 heavy (non-hydrogen) atoms. The molecule has 1 aliphatic rings. The van der Waals surface area contributed by atoms with Gasteiger partial charge in [-0.15, -0.1) is 11.3 Å². The summed E-state index contributed by atoms with van der Waals surface area (Å²) < 4.78 is 0. The Hall–Kier alpha value is -2.25. The van der Waals surface area contributed by atoms with E-state index in [-0.39, 0.29) is 17.7 Å². The first-order valence-corrected chi connectivity index (χ1v) is 9.73. The molecule has 1 saturated heterocycles. The Morgan fingerprint density at radius 2 is 1.96 bits per heavy atom. The summed E-state index contributed by atoms with van der Waals surface area (Å²) in [5.74, 6) is -0.315. The van der Waals surface area contributed by atoms with Crippen molar-refractivity contribution >= 4 is 28.8 Å². The SMILES string of the molecule is Cc1nc(C(=O)Nc2ccc(CCN3CCC(C(N)=O)CC3)cc2)cs1. The van der Waals surface area contributed by atoms with Gasteiger partial charge in [0.25, 0.3) is 5.91 Å². The Balaban J connectivity index is 1.46. The van der Waals surface area contributed by atoms with Crippen LogP contribution in [0.3, 0.4) is 0 Å². The molecule has 138 valence electrons. The second-order valence-corrected chi connectivity index (χ2v) is 7.73. The van der Waals surface area contributed by atoms with E-state index in [1.165, 1.54) is 16.9 Å². The van der Waals surface area contributed by atoms with Crippen LogP contribution in [-0.2, 0) is 11.2 Å². The molecule has 1 aromatic heterocycles. The van der Waals surface area contributed by atoms with Gasteiger partial charge in [-0.05, 0) is 57.0 Å². The van der Waals surface area contributed by atoms with E-state index in [0.29, 0.717) is 5.69 Å². The van der Waals surface area contributed by atoms with Gasteiger partial charge in [-0.3, -0.25) is 9.59 Å². The molecule has 0 bridgehead atoms. The number of likely N-dealkylation sites (tertiary alicyclic amines) is 1. The van der Waals surface area contributed by atoms with E-state index in [0.717, 1.165) is 49.6 Å². The van der Waals surface area contributed by atoms with Gasteiger partial charge in [0.15, 0.2) is 0 Å². The molecule has 1 aliphatic heterocycles. The Morgan fingerprint density at radius 1 is 1.27 bits per heavy atom. The molecular weight excluding hydrogens is 348 g/mol. The number of rotatable bonds is 6. The predicted octanol–water partition coefficient (Wildman–Crippen LogP) is 2.44. The molecule has 2 amide bonds. The zero-order valence-corrected chi connectivity index (χ0v) is 15.7. The number of aryl methyl sites for hydroxylation is 1. The maximum absolute atomic E-state index is 12.1. The molecule has 2 heterocycles. The van der Waals surface area contributed by atoms with Gasteiger partial charge in [0.1, 0.15) is 5.69 Å². The Kier molecular flexibility index (Phi) is 6.00. The van der Waals surface area contributed by atoms with E-state index in [1.54, 1.807) is 5.38 Å². The summed E-state index contributed by atoms with van der Waals surface area (Å²) in [7, 11) is 0. The number of primary amides is 1. The molecule has 0 unspecified atom stereocenters. The third kappa shape index (κ3) is 4.89. The highest BCUT2D eigenvalue weighted by Crippen LogP contribution is 2.18. The van der Waals surface area contributed by atoms with Gasteiger partial charge in [0.05, 0.1) is 5.01 Å². The largest absolute Gasteiger partial charge is 0.369 e. The van der Waals surface area contributed by atoms with Crippen molar-refractivity contribution in [3.05, 3.63) is 45.9 Å². The lowest BCUT2D eigenvalue weighted by molar-refractivity contribution is -0.123. The minimum Gasteiger partial charge on any atom is -0.369 e. The number of benzene rings is 1. The molecule has 7 heteroatoms. The number of carbonyl (C=O) groups excluding carboxylic acids is 2. The first kappa shape index (κ1) is 18.5. The summed E-state index contributed by atoms with van der Waals surface area (Å²) in [6.07, 6.45) is 2.66. The van der Waals surface area contributed by atoms with Crippen molar-refractivity contribution in [3.63, 3.8) is 0 Å². The Morgan fingerprint density at radius 3 is 2.54 bits per heavy atom. The number of nitrogens with two attached hydrogens (primary N) is 1. The number of nitrogens with zero attached hydrogens (tertiary/aromatic N) is 2.